The molecule has 0 unspecified atom stereocenters. The molecule has 0 radical (unpaired) electrons. The molecule has 1 fully saturated rings. The van der Waals surface area contributed by atoms with Crippen LogP contribution >= 0.6 is 11.6 Å². The third kappa shape index (κ3) is 4.46. The number of benzene rings is 1. The van der Waals surface area contributed by atoms with E-state index in [0.29, 0.717) is 16.6 Å². The Bertz CT molecular complexity index is 1450. The van der Waals surface area contributed by atoms with Crippen molar-refractivity contribution >= 4 is 22.6 Å². The molecule has 1 atom stereocenters. The zero-order valence-electron chi connectivity index (χ0n) is 20.7. The van der Waals surface area contributed by atoms with Gasteiger partial charge in [0.1, 0.15) is 17.2 Å². The third-order valence-electron chi connectivity index (χ3n) is 6.95. The number of hydrogen-bond acceptors (Lipinski definition) is 4. The predicted molar refractivity (Wildman–Crippen MR) is 131 cm³/mol. The molecule has 0 bridgehead atoms. The SMILES string of the molecule is [2H][C@@](C)(c1c(OC(F)F)ccc(F)c1Cl)c1c[nH]c2ncc(-c3cnn([C@H]4CC[C@H](O)CC4)c3C)cc12. The second kappa shape index (κ2) is 9.78. The summed E-state index contributed by atoms with van der Waals surface area (Å²) < 4.78 is 56.3. The number of nitrogens with zero attached hydrogens (tertiary/aromatic N) is 3. The monoisotopic (exact) mass is 519 g/mol. The topological polar surface area (TPSA) is 76.0 Å². The maximum Gasteiger partial charge on any atom is 0.387 e. The Morgan fingerprint density at radius 3 is 2.72 bits per heavy atom. The first-order chi connectivity index (χ1) is 17.6. The summed E-state index contributed by atoms with van der Waals surface area (Å²) in [6, 6.07) is 4.04. The normalized spacial score (nSPS) is 20.5. The summed E-state index contributed by atoms with van der Waals surface area (Å²) in [4.78, 5) is 7.51. The van der Waals surface area contributed by atoms with Gasteiger partial charge in [-0.15, -0.1) is 0 Å². The van der Waals surface area contributed by atoms with E-state index in [0.717, 1.165) is 54.6 Å². The van der Waals surface area contributed by atoms with Gasteiger partial charge in [-0.05, 0) is 56.4 Å². The van der Waals surface area contributed by atoms with Crippen LogP contribution in [-0.2, 0) is 0 Å². The first kappa shape index (κ1) is 23.4. The van der Waals surface area contributed by atoms with E-state index in [1.165, 1.54) is 6.92 Å². The van der Waals surface area contributed by atoms with Crippen LogP contribution < -0.4 is 4.74 Å². The summed E-state index contributed by atoms with van der Waals surface area (Å²) in [5, 5.41) is 14.6. The van der Waals surface area contributed by atoms with Crippen molar-refractivity contribution in [2.24, 2.45) is 0 Å². The molecule has 10 heteroatoms. The van der Waals surface area contributed by atoms with Crippen molar-refractivity contribution in [2.75, 3.05) is 0 Å². The number of H-pyrrole nitrogens is 1. The van der Waals surface area contributed by atoms with Crippen LogP contribution in [0.1, 0.15) is 62.7 Å². The van der Waals surface area contributed by atoms with Crippen molar-refractivity contribution in [1.29, 1.82) is 0 Å². The van der Waals surface area contributed by atoms with Crippen LogP contribution in [0.3, 0.4) is 0 Å². The minimum Gasteiger partial charge on any atom is -0.434 e. The predicted octanol–water partition coefficient (Wildman–Crippen LogP) is 6.76. The molecule has 2 N–H and O–H groups in total. The molecule has 190 valence electrons. The standard InChI is InChI=1S/C26H26ClF3N4O2/c1-13(23-22(36-26(29)30)8-7-21(28)24(23)27)19-11-32-25-18(19)9-15(10-31-25)20-12-33-34(14(20)2)16-3-5-17(35)6-4-16/h7-13,16-17,26,35H,3-6H2,1-2H3,(H,31,32)/t13-,16-,17-/m0/s1/i13D. The number of halogens is 4. The second-order valence-corrected chi connectivity index (χ2v) is 9.49. The fourth-order valence-corrected chi connectivity index (χ4v) is 5.35. The van der Waals surface area contributed by atoms with Gasteiger partial charge in [-0.1, -0.05) is 18.5 Å². The number of alkyl halides is 2. The van der Waals surface area contributed by atoms with Gasteiger partial charge in [0.2, 0.25) is 0 Å². The van der Waals surface area contributed by atoms with Gasteiger partial charge in [0, 0.05) is 47.4 Å². The summed E-state index contributed by atoms with van der Waals surface area (Å²) in [6.45, 7) is 0.256. The largest absolute Gasteiger partial charge is 0.434 e. The van der Waals surface area contributed by atoms with E-state index >= 15 is 0 Å². The van der Waals surface area contributed by atoms with E-state index in [9.17, 15) is 18.3 Å². The van der Waals surface area contributed by atoms with Gasteiger partial charge in [0.15, 0.2) is 0 Å². The van der Waals surface area contributed by atoms with Gasteiger partial charge in [-0.2, -0.15) is 13.9 Å². The Morgan fingerprint density at radius 2 is 2.00 bits per heavy atom. The summed E-state index contributed by atoms with van der Waals surface area (Å²) in [5.41, 5.74) is 3.23. The summed E-state index contributed by atoms with van der Waals surface area (Å²) in [6.07, 6.45) is 7.92. The van der Waals surface area contributed by atoms with E-state index in [1.807, 2.05) is 17.7 Å². The van der Waals surface area contributed by atoms with Crippen LogP contribution in [0.4, 0.5) is 13.2 Å². The number of aliphatic hydroxyl groups is 1. The highest BCUT2D eigenvalue weighted by atomic mass is 35.5. The van der Waals surface area contributed by atoms with E-state index < -0.39 is 23.3 Å². The maximum absolute atomic E-state index is 14.4. The average Bonchev–Trinajstić information content (AvgIpc) is 3.45. The Labute approximate surface area is 212 Å². The Hall–Kier alpha value is -3.04. The summed E-state index contributed by atoms with van der Waals surface area (Å²) >= 11 is 6.20. The molecular weight excluding hydrogens is 493 g/mol. The molecule has 1 saturated carbocycles. The van der Waals surface area contributed by atoms with Crippen molar-refractivity contribution in [3.05, 3.63) is 64.5 Å². The van der Waals surface area contributed by atoms with Gasteiger partial charge in [0.25, 0.3) is 0 Å². The lowest BCUT2D eigenvalue weighted by atomic mass is 9.91. The van der Waals surface area contributed by atoms with Gasteiger partial charge < -0.3 is 14.8 Å². The van der Waals surface area contributed by atoms with Gasteiger partial charge in [0.05, 0.1) is 23.4 Å². The zero-order chi connectivity index (χ0) is 26.5. The van der Waals surface area contributed by atoms with Crippen molar-refractivity contribution in [1.82, 2.24) is 19.7 Å². The first-order valence-electron chi connectivity index (χ1n) is 12.2. The quantitative estimate of drug-likeness (QED) is 0.295. The van der Waals surface area contributed by atoms with E-state index in [2.05, 4.69) is 19.8 Å². The molecule has 1 aromatic carbocycles. The van der Waals surface area contributed by atoms with Crippen LogP contribution in [0.25, 0.3) is 22.2 Å². The summed E-state index contributed by atoms with van der Waals surface area (Å²) in [7, 11) is 0. The number of aromatic amines is 1. The minimum atomic E-state index is -3.17. The number of nitrogens with one attached hydrogen (secondary N) is 1. The molecular formula is C26H26ClF3N4O2. The first-order valence-corrected chi connectivity index (χ1v) is 12.1. The lowest BCUT2D eigenvalue weighted by molar-refractivity contribution is -0.0505. The number of hydrogen-bond donors (Lipinski definition) is 2. The summed E-state index contributed by atoms with van der Waals surface area (Å²) in [5.74, 6) is -2.97. The third-order valence-corrected chi connectivity index (χ3v) is 7.32. The second-order valence-electron chi connectivity index (χ2n) is 9.11. The minimum absolute atomic E-state index is 0.204. The number of aliphatic hydroxyl groups excluding tert-OH is 1. The van der Waals surface area contributed by atoms with Crippen LogP contribution in [-0.4, -0.2) is 37.6 Å². The highest BCUT2D eigenvalue weighted by Gasteiger charge is 2.26. The zero-order valence-corrected chi connectivity index (χ0v) is 20.5. The van der Waals surface area contributed by atoms with Gasteiger partial charge in [-0.25, -0.2) is 9.37 Å². The fourth-order valence-electron chi connectivity index (χ4n) is 5.05. The Kier molecular flexibility index (Phi) is 6.35. The molecule has 4 aromatic rings. The molecule has 36 heavy (non-hydrogen) atoms. The Morgan fingerprint density at radius 1 is 1.25 bits per heavy atom. The van der Waals surface area contributed by atoms with Crippen LogP contribution in [0.15, 0.2) is 36.8 Å². The lowest BCUT2D eigenvalue weighted by Crippen LogP contribution is -2.22. The van der Waals surface area contributed by atoms with Crippen molar-refractivity contribution < 1.29 is 24.4 Å². The highest BCUT2D eigenvalue weighted by Crippen LogP contribution is 2.42. The number of rotatable bonds is 6. The molecule has 0 amide bonds. The van der Waals surface area contributed by atoms with Crippen LogP contribution in [0.5, 0.6) is 5.75 Å². The molecule has 0 spiro atoms. The Balaban J connectivity index is 1.57. The van der Waals surface area contributed by atoms with Gasteiger partial charge in [-0.3, -0.25) is 4.68 Å². The smallest absolute Gasteiger partial charge is 0.387 e. The van der Waals surface area contributed by atoms with Crippen LogP contribution in [0.2, 0.25) is 5.02 Å². The molecule has 0 aliphatic heterocycles. The molecule has 5 rings (SSSR count). The maximum atomic E-state index is 14.4. The van der Waals surface area contributed by atoms with Crippen molar-refractivity contribution in [3.8, 4) is 16.9 Å². The van der Waals surface area contributed by atoms with Crippen molar-refractivity contribution in [3.63, 3.8) is 0 Å². The number of fused-ring (bicyclic) bond motifs is 1. The lowest BCUT2D eigenvalue weighted by Gasteiger charge is -2.26. The molecule has 3 aromatic heterocycles. The van der Waals surface area contributed by atoms with Crippen molar-refractivity contribution in [2.45, 2.75) is 64.2 Å². The van der Waals surface area contributed by atoms with Gasteiger partial charge >= 0.3 is 6.61 Å². The fraction of sp³-hybridized carbons (Fsp3) is 0.385. The highest BCUT2D eigenvalue weighted by molar-refractivity contribution is 6.31. The van der Waals surface area contributed by atoms with E-state index in [-0.39, 0.29) is 23.5 Å². The molecule has 1 aliphatic carbocycles. The average molecular weight is 520 g/mol. The molecule has 6 nitrogen and oxygen atoms in total. The molecule has 3 heterocycles. The van der Waals surface area contributed by atoms with E-state index in [4.69, 9.17) is 13.0 Å². The van der Waals surface area contributed by atoms with E-state index in [1.54, 1.807) is 18.6 Å². The molecule has 1 aliphatic rings. The number of ether oxygens (including phenoxy) is 1. The molecule has 0 saturated heterocycles. The van der Waals surface area contributed by atoms with Crippen LogP contribution in [0, 0.1) is 12.7 Å². The number of pyridine rings is 1. The number of aromatic nitrogens is 4.